The molecule has 0 unspecified atom stereocenters. The molecule has 3 N–H and O–H groups in total. The summed E-state index contributed by atoms with van der Waals surface area (Å²) in [7, 11) is -4.18. The van der Waals surface area contributed by atoms with Crippen LogP contribution >= 0.6 is 0 Å². The van der Waals surface area contributed by atoms with Crippen LogP contribution in [0, 0.1) is 0 Å². The fourth-order valence-corrected chi connectivity index (χ4v) is 4.82. The molecule has 228 valence electrons. The van der Waals surface area contributed by atoms with Gasteiger partial charge in [-0.3, -0.25) is 4.79 Å². The van der Waals surface area contributed by atoms with E-state index in [9.17, 15) is 52.7 Å². The molecule has 41 heavy (non-hydrogen) atoms. The van der Waals surface area contributed by atoms with E-state index in [4.69, 9.17) is 0 Å². The highest BCUT2D eigenvalue weighted by atomic mass is 32.2. The Bertz CT molecular complexity index is 1320. The number of benzene rings is 1. The van der Waals surface area contributed by atoms with E-state index in [2.05, 4.69) is 16.0 Å². The van der Waals surface area contributed by atoms with Crippen LogP contribution in [0.25, 0.3) is 5.57 Å². The quantitative estimate of drug-likeness (QED) is 0.417. The molecule has 0 saturated heterocycles. The minimum absolute atomic E-state index is 0.0336. The SMILES string of the molecule is NCCC(F)(F)F.O=C(NCCC(F)(F)F)c1cccc(C2=CCN(S(=O)(=O)c3cccc(C(F)(F)F)c3)CC2)n1. The van der Waals surface area contributed by atoms with Crippen molar-refractivity contribution in [1.82, 2.24) is 14.6 Å². The van der Waals surface area contributed by atoms with E-state index in [0.29, 0.717) is 17.3 Å². The molecule has 0 spiro atoms. The molecule has 0 fully saturated rings. The summed E-state index contributed by atoms with van der Waals surface area (Å²) in [4.78, 5) is 15.7. The van der Waals surface area contributed by atoms with Gasteiger partial charge in [-0.15, -0.1) is 0 Å². The van der Waals surface area contributed by atoms with Gasteiger partial charge in [0.05, 0.1) is 29.0 Å². The summed E-state index contributed by atoms with van der Waals surface area (Å²) in [5.74, 6) is -0.781. The average molecular weight is 621 g/mol. The summed E-state index contributed by atoms with van der Waals surface area (Å²) in [6.07, 6.45) is -13.5. The van der Waals surface area contributed by atoms with E-state index in [1.807, 2.05) is 0 Å². The van der Waals surface area contributed by atoms with E-state index in [1.165, 1.54) is 18.2 Å². The lowest BCUT2D eigenvalue weighted by atomic mass is 10.1. The predicted molar refractivity (Wildman–Crippen MR) is 130 cm³/mol. The minimum atomic E-state index is -4.68. The van der Waals surface area contributed by atoms with Gasteiger partial charge in [0.15, 0.2) is 0 Å². The number of amides is 1. The molecule has 0 aliphatic carbocycles. The highest BCUT2D eigenvalue weighted by Crippen LogP contribution is 2.32. The van der Waals surface area contributed by atoms with Crippen molar-refractivity contribution in [2.75, 3.05) is 26.2 Å². The predicted octanol–water partition coefficient (Wildman–Crippen LogP) is 5.16. The Kier molecular flexibility index (Phi) is 11.3. The van der Waals surface area contributed by atoms with Gasteiger partial charge in [0.1, 0.15) is 5.69 Å². The Labute approximate surface area is 229 Å². The number of sulfonamides is 1. The summed E-state index contributed by atoms with van der Waals surface area (Å²) in [6.45, 7) is -1.07. The molecule has 1 aromatic heterocycles. The zero-order valence-corrected chi connectivity index (χ0v) is 21.9. The smallest absolute Gasteiger partial charge is 0.350 e. The fourth-order valence-electron chi connectivity index (χ4n) is 3.40. The molecule has 7 nitrogen and oxygen atoms in total. The number of alkyl halides is 9. The molecule has 3 rings (SSSR count). The Morgan fingerprint density at radius 2 is 1.59 bits per heavy atom. The van der Waals surface area contributed by atoms with Gasteiger partial charge in [-0.25, -0.2) is 13.4 Å². The minimum Gasteiger partial charge on any atom is -0.350 e. The molecule has 1 amide bonds. The third kappa shape index (κ3) is 11.0. The van der Waals surface area contributed by atoms with E-state index >= 15 is 0 Å². The van der Waals surface area contributed by atoms with Crippen molar-refractivity contribution in [3.05, 3.63) is 65.5 Å². The van der Waals surface area contributed by atoms with Crippen molar-refractivity contribution in [2.24, 2.45) is 5.73 Å². The van der Waals surface area contributed by atoms with E-state index in [1.54, 1.807) is 6.07 Å². The number of hydrogen-bond donors (Lipinski definition) is 2. The normalized spacial score (nSPS) is 15.0. The van der Waals surface area contributed by atoms with Gasteiger partial charge in [0.2, 0.25) is 10.0 Å². The van der Waals surface area contributed by atoms with Crippen LogP contribution in [-0.2, 0) is 16.2 Å². The van der Waals surface area contributed by atoms with Crippen LogP contribution in [0.3, 0.4) is 0 Å². The maximum Gasteiger partial charge on any atom is 0.416 e. The lowest BCUT2D eigenvalue weighted by Crippen LogP contribution is -2.35. The number of nitrogens with one attached hydrogen (secondary N) is 1. The second-order valence-electron chi connectivity index (χ2n) is 8.55. The average Bonchev–Trinajstić information content (AvgIpc) is 2.87. The van der Waals surface area contributed by atoms with Crippen molar-refractivity contribution in [2.45, 2.75) is 42.7 Å². The number of nitrogens with zero attached hydrogens (tertiary/aromatic N) is 2. The lowest BCUT2D eigenvalue weighted by Gasteiger charge is -2.26. The van der Waals surface area contributed by atoms with Gasteiger partial charge < -0.3 is 11.1 Å². The molecule has 0 bridgehead atoms. The van der Waals surface area contributed by atoms with E-state index in [-0.39, 0.29) is 31.7 Å². The Hall–Kier alpha value is -3.18. The molecule has 0 radical (unpaired) electrons. The van der Waals surface area contributed by atoms with Crippen LogP contribution in [0.15, 0.2) is 53.4 Å². The van der Waals surface area contributed by atoms with Crippen molar-refractivity contribution in [3.63, 3.8) is 0 Å². The Morgan fingerprint density at radius 3 is 2.10 bits per heavy atom. The van der Waals surface area contributed by atoms with Crippen LogP contribution in [0.2, 0.25) is 0 Å². The molecule has 0 atom stereocenters. The van der Waals surface area contributed by atoms with Crippen LogP contribution in [0.1, 0.15) is 41.0 Å². The molecule has 0 saturated carbocycles. The van der Waals surface area contributed by atoms with Gasteiger partial charge in [0, 0.05) is 26.2 Å². The fraction of sp³-hybridized carbons (Fsp3) is 0.417. The van der Waals surface area contributed by atoms with Crippen LogP contribution < -0.4 is 11.1 Å². The van der Waals surface area contributed by atoms with Crippen molar-refractivity contribution >= 4 is 21.5 Å². The topological polar surface area (TPSA) is 105 Å². The number of nitrogens with two attached hydrogens (primary N) is 1. The first kappa shape index (κ1) is 34.0. The molecule has 17 heteroatoms. The van der Waals surface area contributed by atoms with E-state index < -0.39 is 64.3 Å². The number of halogens is 9. The summed E-state index contributed by atoms with van der Waals surface area (Å²) < 4.78 is 135. The Morgan fingerprint density at radius 1 is 0.951 bits per heavy atom. The number of carbonyl (C=O) groups is 1. The van der Waals surface area contributed by atoms with Crippen molar-refractivity contribution in [3.8, 4) is 0 Å². The molecule has 1 aliphatic rings. The van der Waals surface area contributed by atoms with Crippen molar-refractivity contribution in [1.29, 1.82) is 0 Å². The van der Waals surface area contributed by atoms with Gasteiger partial charge in [0.25, 0.3) is 5.91 Å². The summed E-state index contributed by atoms with van der Waals surface area (Å²) in [5.41, 5.74) is 4.37. The second kappa shape index (κ2) is 13.7. The molecule has 1 aromatic carbocycles. The molecular weight excluding hydrogens is 595 g/mol. The largest absolute Gasteiger partial charge is 0.416 e. The van der Waals surface area contributed by atoms with Gasteiger partial charge >= 0.3 is 18.5 Å². The summed E-state index contributed by atoms with van der Waals surface area (Å²) >= 11 is 0. The van der Waals surface area contributed by atoms with E-state index in [0.717, 1.165) is 22.5 Å². The van der Waals surface area contributed by atoms with Gasteiger partial charge in [-0.2, -0.15) is 43.8 Å². The highest BCUT2D eigenvalue weighted by Gasteiger charge is 2.33. The number of aromatic nitrogens is 1. The zero-order valence-electron chi connectivity index (χ0n) is 21.1. The first-order valence-electron chi connectivity index (χ1n) is 11.8. The number of carbonyl (C=O) groups excluding carboxylic acids is 1. The highest BCUT2D eigenvalue weighted by molar-refractivity contribution is 7.89. The van der Waals surface area contributed by atoms with Gasteiger partial charge in [-0.05, 0) is 42.3 Å². The lowest BCUT2D eigenvalue weighted by molar-refractivity contribution is -0.138. The second-order valence-corrected chi connectivity index (χ2v) is 10.5. The maximum absolute atomic E-state index is 12.9. The van der Waals surface area contributed by atoms with Crippen LogP contribution in [0.5, 0.6) is 0 Å². The monoisotopic (exact) mass is 620 g/mol. The van der Waals surface area contributed by atoms with Gasteiger partial charge in [-0.1, -0.05) is 18.2 Å². The third-order valence-corrected chi connectivity index (χ3v) is 7.26. The Balaban J connectivity index is 0.000000745. The summed E-state index contributed by atoms with van der Waals surface area (Å²) in [6, 6.07) is 7.87. The summed E-state index contributed by atoms with van der Waals surface area (Å²) in [5, 5.41) is 2.14. The number of hydrogen-bond acceptors (Lipinski definition) is 5. The third-order valence-electron chi connectivity index (χ3n) is 5.40. The maximum atomic E-state index is 12.9. The number of rotatable bonds is 7. The van der Waals surface area contributed by atoms with Crippen LogP contribution in [-0.4, -0.2) is 62.1 Å². The molecule has 1 aliphatic heterocycles. The molecule has 2 heterocycles. The number of pyridine rings is 1. The van der Waals surface area contributed by atoms with Crippen LogP contribution in [0.4, 0.5) is 39.5 Å². The standard InChI is InChI=1S/C21H19F6N3O3S.C3H6F3N/c22-20(23,24)9-10-28-19(31)18-6-2-5-17(29-18)14-7-11-30(12-8-14)34(32,33)16-4-1-3-15(13-16)21(25,26)27;4-3(5,6)1-2-7/h1-7,13H,8-12H2,(H,28,31);1-2,7H2. The first-order valence-corrected chi connectivity index (χ1v) is 13.2. The van der Waals surface area contributed by atoms with Crippen molar-refractivity contribution < 1.29 is 52.7 Å². The molecular formula is C24H25F9N4O3S. The molecule has 2 aromatic rings. The first-order chi connectivity index (χ1) is 18.8. The zero-order chi connectivity index (χ0) is 31.1.